The molecule has 0 saturated heterocycles. The summed E-state index contributed by atoms with van der Waals surface area (Å²) in [5, 5.41) is 0. The Bertz CT molecular complexity index is 736. The summed E-state index contributed by atoms with van der Waals surface area (Å²) in [6.45, 7) is 14.0. The number of hydrogen-bond donors (Lipinski definition) is 0. The molecule has 0 saturated carbocycles. The van der Waals surface area contributed by atoms with Crippen LogP contribution in [0.1, 0.15) is 58.6 Å². The Morgan fingerprint density at radius 3 is 1.96 bits per heavy atom. The van der Waals surface area contributed by atoms with E-state index in [4.69, 9.17) is 0 Å². The molecule has 0 nitrogen and oxygen atoms in total. The van der Waals surface area contributed by atoms with E-state index < -0.39 is 0 Å². The van der Waals surface area contributed by atoms with E-state index in [0.29, 0.717) is 5.92 Å². The Morgan fingerprint density at radius 2 is 1.48 bits per heavy atom. The van der Waals surface area contributed by atoms with Crippen molar-refractivity contribution in [3.05, 3.63) is 63.3 Å². The van der Waals surface area contributed by atoms with Crippen LogP contribution in [0, 0.1) is 0 Å². The Kier molecular flexibility index (Phi) is 6.40. The van der Waals surface area contributed by atoms with E-state index >= 15 is 0 Å². The molecular weight excluding hydrogens is 402 g/mol. The normalized spacial score (nSPS) is 26.3. The van der Waals surface area contributed by atoms with E-state index in [1.807, 2.05) is 0 Å². The smallest absolute Gasteiger partial charge is 1.00 e. The number of hydrogen-bond acceptors (Lipinski definition) is 0. The Hall–Kier alpha value is -0.0969. The summed E-state index contributed by atoms with van der Waals surface area (Å²) in [4.78, 5) is 0. The monoisotopic (exact) mass is 423 g/mol. The van der Waals surface area contributed by atoms with Crippen LogP contribution in [0.25, 0.3) is 5.57 Å². The summed E-state index contributed by atoms with van der Waals surface area (Å²) in [5.41, 5.74) is 12.2. The second kappa shape index (κ2) is 7.03. The van der Waals surface area contributed by atoms with Crippen molar-refractivity contribution in [3.8, 4) is 0 Å². The van der Waals surface area contributed by atoms with Gasteiger partial charge in [-0.2, -0.15) is 0 Å². The van der Waals surface area contributed by atoms with Crippen molar-refractivity contribution in [2.75, 3.05) is 0 Å². The van der Waals surface area contributed by atoms with Gasteiger partial charge in [-0.1, -0.05) is 0 Å². The molecule has 3 rings (SSSR count). The van der Waals surface area contributed by atoms with Gasteiger partial charge in [0.1, 0.15) is 0 Å². The molecule has 0 bridgehead atoms. The van der Waals surface area contributed by atoms with Gasteiger partial charge in [-0.15, -0.1) is 0 Å². The van der Waals surface area contributed by atoms with Gasteiger partial charge in [-0.3, -0.25) is 0 Å². The zero-order chi connectivity index (χ0) is 15.5. The molecule has 121 valence electrons. The number of benzene rings is 1. The summed E-state index contributed by atoms with van der Waals surface area (Å²) < 4.78 is 0.244. The van der Waals surface area contributed by atoms with Crippen molar-refractivity contribution in [1.82, 2.24) is 0 Å². The van der Waals surface area contributed by atoms with Crippen LogP contribution in [-0.2, 0) is 24.7 Å². The van der Waals surface area contributed by atoms with Crippen molar-refractivity contribution >= 4 is 5.57 Å². The van der Waals surface area contributed by atoms with Gasteiger partial charge in [0.05, 0.1) is 0 Å². The molecule has 0 spiro atoms. The molecule has 2 atom stereocenters. The predicted octanol–water partition coefficient (Wildman–Crippen LogP) is -0.0229. The van der Waals surface area contributed by atoms with Crippen LogP contribution in [0.4, 0.5) is 0 Å². The van der Waals surface area contributed by atoms with Gasteiger partial charge in [0.25, 0.3) is 0 Å². The fourth-order valence-electron chi connectivity index (χ4n) is 4.12. The average Bonchev–Trinajstić information content (AvgIpc) is 2.78. The fourth-order valence-corrected chi connectivity index (χ4v) is 5.38. The van der Waals surface area contributed by atoms with Crippen molar-refractivity contribution in [2.45, 2.75) is 50.6 Å². The molecular formula is C20H23Cl2Zr. The van der Waals surface area contributed by atoms with Crippen LogP contribution in [0.3, 0.4) is 0 Å². The first kappa shape index (κ1) is 20.9. The third-order valence-corrected chi connectivity index (χ3v) is 7.22. The van der Waals surface area contributed by atoms with E-state index in [1.54, 1.807) is 41.4 Å². The van der Waals surface area contributed by atoms with E-state index in [0.717, 1.165) is 0 Å². The molecule has 0 amide bonds. The molecule has 1 aromatic rings. The van der Waals surface area contributed by atoms with Crippen LogP contribution < -0.4 is 24.8 Å². The molecule has 0 radical (unpaired) electrons. The molecule has 0 aromatic heterocycles. The van der Waals surface area contributed by atoms with Crippen LogP contribution >= 0.6 is 0 Å². The summed E-state index contributed by atoms with van der Waals surface area (Å²) in [6.07, 6.45) is 0. The Labute approximate surface area is 168 Å². The fraction of sp³-hybridized carbons (Fsp3) is 0.400. The standard InChI is InChI=1S/C20H23.2ClH.Zr/c1-11-12(2)14(4)19(13(11)3)20-15(5)17-9-7-8-10-18(17)16(20)6;;;/h7-10,15H,1-6H3;2*1H;/q;;;+2/p-2. The molecule has 1 aromatic carbocycles. The molecule has 0 heterocycles. The minimum Gasteiger partial charge on any atom is -1.00 e. The van der Waals surface area contributed by atoms with Crippen LogP contribution in [0.2, 0.25) is 3.12 Å². The minimum atomic E-state index is 0. The number of halogens is 2. The van der Waals surface area contributed by atoms with Gasteiger partial charge in [0, 0.05) is 0 Å². The second-order valence-electron chi connectivity index (χ2n) is 6.72. The first-order chi connectivity index (χ1) is 9.78. The molecule has 0 fully saturated rings. The van der Waals surface area contributed by atoms with E-state index in [2.05, 4.69) is 65.8 Å². The van der Waals surface area contributed by atoms with Gasteiger partial charge in [0.2, 0.25) is 0 Å². The summed E-state index contributed by atoms with van der Waals surface area (Å²) >= 11 is 1.60. The topological polar surface area (TPSA) is 0 Å². The molecule has 3 heteroatoms. The molecule has 0 N–H and O–H groups in total. The van der Waals surface area contributed by atoms with Crippen molar-refractivity contribution in [1.29, 1.82) is 0 Å². The number of fused-ring (bicyclic) bond motifs is 1. The summed E-state index contributed by atoms with van der Waals surface area (Å²) in [7, 11) is 0. The number of allylic oxidation sites excluding steroid dienone is 6. The second-order valence-corrected chi connectivity index (χ2v) is 9.18. The van der Waals surface area contributed by atoms with Gasteiger partial charge in [-0.05, 0) is 0 Å². The maximum absolute atomic E-state index is 2.42. The SMILES string of the molecule is CC1=C(C)[C](C)([Zr+2])C(C2=C(C)c3ccccc3C2C)=C1C.[Cl-].[Cl-]. The quantitative estimate of drug-likeness (QED) is 0.593. The summed E-state index contributed by atoms with van der Waals surface area (Å²) in [5.74, 6) is 0.518. The van der Waals surface area contributed by atoms with Crippen LogP contribution in [0.5, 0.6) is 0 Å². The van der Waals surface area contributed by atoms with Gasteiger partial charge in [0.15, 0.2) is 0 Å². The third-order valence-electron chi connectivity index (χ3n) is 5.69. The zero-order valence-electron chi connectivity index (χ0n) is 14.6. The van der Waals surface area contributed by atoms with E-state index in [-0.39, 0.29) is 27.9 Å². The van der Waals surface area contributed by atoms with E-state index in [1.165, 1.54) is 27.8 Å². The average molecular weight is 426 g/mol. The molecule has 0 aliphatic heterocycles. The van der Waals surface area contributed by atoms with Crippen LogP contribution in [0.15, 0.2) is 52.1 Å². The van der Waals surface area contributed by atoms with E-state index in [9.17, 15) is 0 Å². The number of rotatable bonds is 1. The van der Waals surface area contributed by atoms with Gasteiger partial charge >= 0.3 is 144 Å². The van der Waals surface area contributed by atoms with Gasteiger partial charge in [-0.25, -0.2) is 0 Å². The van der Waals surface area contributed by atoms with Crippen molar-refractivity contribution in [2.24, 2.45) is 0 Å². The predicted molar refractivity (Wildman–Crippen MR) is 86.9 cm³/mol. The maximum atomic E-state index is 2.42. The summed E-state index contributed by atoms with van der Waals surface area (Å²) in [6, 6.07) is 8.92. The Morgan fingerprint density at radius 1 is 0.913 bits per heavy atom. The Balaban J connectivity index is 0.00000132. The third kappa shape index (κ3) is 2.88. The molecule has 2 aliphatic carbocycles. The maximum Gasteiger partial charge on any atom is -1.00 e. The van der Waals surface area contributed by atoms with Gasteiger partial charge < -0.3 is 24.8 Å². The van der Waals surface area contributed by atoms with Crippen molar-refractivity contribution < 1.29 is 49.5 Å². The molecule has 23 heavy (non-hydrogen) atoms. The largest absolute Gasteiger partial charge is 1.00 e. The molecule has 2 aliphatic rings. The zero-order valence-corrected chi connectivity index (χ0v) is 18.6. The first-order valence-electron chi connectivity index (χ1n) is 7.73. The van der Waals surface area contributed by atoms with Crippen molar-refractivity contribution in [3.63, 3.8) is 0 Å². The first-order valence-corrected chi connectivity index (χ1v) is 8.96. The van der Waals surface area contributed by atoms with Crippen LogP contribution in [-0.4, -0.2) is 0 Å². The minimum absolute atomic E-state index is 0. The molecule has 2 unspecified atom stereocenters.